The zero-order valence-corrected chi connectivity index (χ0v) is 11.1. The predicted molar refractivity (Wildman–Crippen MR) is 67.2 cm³/mol. The Kier molecular flexibility index (Phi) is 8.99. The van der Waals surface area contributed by atoms with Gasteiger partial charge in [0.15, 0.2) is 0 Å². The van der Waals surface area contributed by atoms with Gasteiger partial charge in [0.1, 0.15) is 0 Å². The molecule has 1 heteroatoms. The summed E-state index contributed by atoms with van der Waals surface area (Å²) < 4.78 is 0. The summed E-state index contributed by atoms with van der Waals surface area (Å²) in [5, 5.41) is 0. The van der Waals surface area contributed by atoms with Gasteiger partial charge in [-0.2, -0.15) is 35.9 Å². The van der Waals surface area contributed by atoms with Crippen LogP contribution in [0.3, 0.4) is 0 Å². The van der Waals surface area contributed by atoms with Crippen molar-refractivity contribution in [2.45, 2.75) is 26.7 Å². The van der Waals surface area contributed by atoms with Crippen molar-refractivity contribution in [1.82, 2.24) is 0 Å². The summed E-state index contributed by atoms with van der Waals surface area (Å²) in [6.07, 6.45) is 2.55. The summed E-state index contributed by atoms with van der Waals surface area (Å²) in [4.78, 5) is 0. The Labute approximate surface area is 110 Å². The Balaban J connectivity index is 0.000000318. The van der Waals surface area contributed by atoms with Crippen molar-refractivity contribution < 1.29 is 17.1 Å². The van der Waals surface area contributed by atoms with Gasteiger partial charge in [0, 0.05) is 0 Å². The van der Waals surface area contributed by atoms with E-state index in [0.717, 1.165) is 5.92 Å². The minimum atomic E-state index is 0. The third-order valence-electron chi connectivity index (χ3n) is 2.30. The van der Waals surface area contributed by atoms with Crippen molar-refractivity contribution in [3.63, 3.8) is 0 Å². The van der Waals surface area contributed by atoms with Gasteiger partial charge in [-0.15, -0.1) is 0 Å². The summed E-state index contributed by atoms with van der Waals surface area (Å²) in [5.74, 6) is 0.829. The molecule has 16 heavy (non-hydrogen) atoms. The Bertz CT molecular complexity index is 286. The molecule has 0 bridgehead atoms. The van der Waals surface area contributed by atoms with Gasteiger partial charge in [0.25, 0.3) is 0 Å². The van der Waals surface area contributed by atoms with E-state index in [1.54, 1.807) is 0 Å². The van der Waals surface area contributed by atoms with Gasteiger partial charge in [-0.05, 0) is 5.92 Å². The van der Waals surface area contributed by atoms with Crippen LogP contribution in [-0.2, 0) is 23.5 Å². The fraction of sp³-hybridized carbons (Fsp3) is 0.333. The number of hydrogen-bond acceptors (Lipinski definition) is 0. The van der Waals surface area contributed by atoms with Crippen LogP contribution in [0.25, 0.3) is 0 Å². The Morgan fingerprint density at radius 3 is 1.94 bits per heavy atom. The summed E-state index contributed by atoms with van der Waals surface area (Å²) in [6.45, 7) is 4.53. The summed E-state index contributed by atoms with van der Waals surface area (Å²) in [7, 11) is 0. The standard InChI is InChI=1S/C10H15.C5H5.Fe/c1-9(2)7-8-10-5-3-4-6-10;1-2-4-5-3-1;/h3-6,9H,7-8H2,1-2H3;1-5H;/q2*-1;+2. The number of rotatable bonds is 3. The van der Waals surface area contributed by atoms with E-state index < -0.39 is 0 Å². The zero-order valence-electron chi connectivity index (χ0n) is 10.0. The van der Waals surface area contributed by atoms with Gasteiger partial charge in [-0.3, -0.25) is 0 Å². The first-order valence-electron chi connectivity index (χ1n) is 5.66. The van der Waals surface area contributed by atoms with E-state index in [-0.39, 0.29) is 17.1 Å². The third-order valence-corrected chi connectivity index (χ3v) is 2.30. The largest absolute Gasteiger partial charge is 2.00 e. The number of aryl methyl sites for hydroxylation is 1. The third kappa shape index (κ3) is 7.50. The van der Waals surface area contributed by atoms with E-state index in [1.165, 1.54) is 18.4 Å². The average Bonchev–Trinajstić information content (AvgIpc) is 2.91. The van der Waals surface area contributed by atoms with Crippen LogP contribution in [0, 0.1) is 5.92 Å². The first kappa shape index (κ1) is 15.2. The van der Waals surface area contributed by atoms with Crippen LogP contribution in [0.5, 0.6) is 0 Å². The molecule has 0 aromatic heterocycles. The molecule has 0 atom stereocenters. The molecule has 2 aromatic rings. The number of hydrogen-bond donors (Lipinski definition) is 0. The first-order chi connectivity index (χ1) is 7.29. The van der Waals surface area contributed by atoms with E-state index >= 15 is 0 Å². The SMILES string of the molecule is CC(C)CC[c-]1cccc1.[Fe+2].c1cc[cH-]c1. The fourth-order valence-electron chi connectivity index (χ4n) is 1.36. The van der Waals surface area contributed by atoms with Crippen molar-refractivity contribution in [2.24, 2.45) is 5.92 Å². The van der Waals surface area contributed by atoms with Gasteiger partial charge in [0.05, 0.1) is 0 Å². The molecule has 0 N–H and O–H groups in total. The van der Waals surface area contributed by atoms with Crippen LogP contribution >= 0.6 is 0 Å². The Morgan fingerprint density at radius 1 is 1.00 bits per heavy atom. The second-order valence-electron chi connectivity index (χ2n) is 4.19. The summed E-state index contributed by atoms with van der Waals surface area (Å²) in [6, 6.07) is 18.6. The molecule has 0 aliphatic heterocycles. The molecule has 0 nitrogen and oxygen atoms in total. The monoisotopic (exact) mass is 256 g/mol. The maximum Gasteiger partial charge on any atom is 2.00 e. The zero-order chi connectivity index (χ0) is 10.9. The molecular formula is C15H20Fe. The van der Waals surface area contributed by atoms with Gasteiger partial charge in [-0.25, -0.2) is 24.3 Å². The van der Waals surface area contributed by atoms with E-state index in [0.29, 0.717) is 0 Å². The second kappa shape index (κ2) is 9.45. The molecule has 0 spiro atoms. The molecule has 0 aliphatic rings. The van der Waals surface area contributed by atoms with E-state index in [1.807, 2.05) is 30.3 Å². The molecule has 2 aromatic carbocycles. The molecule has 0 aliphatic carbocycles. The minimum Gasteiger partial charge on any atom is -0.214 e. The second-order valence-corrected chi connectivity index (χ2v) is 4.19. The molecule has 0 amide bonds. The van der Waals surface area contributed by atoms with Gasteiger partial charge in [0.2, 0.25) is 0 Å². The molecule has 0 heterocycles. The fourth-order valence-corrected chi connectivity index (χ4v) is 1.36. The van der Waals surface area contributed by atoms with Crippen LogP contribution < -0.4 is 0 Å². The maximum atomic E-state index is 2.27. The van der Waals surface area contributed by atoms with Crippen molar-refractivity contribution in [2.75, 3.05) is 0 Å². The molecule has 0 saturated heterocycles. The molecule has 0 radical (unpaired) electrons. The van der Waals surface area contributed by atoms with Gasteiger partial charge < -0.3 is 0 Å². The minimum absolute atomic E-state index is 0. The van der Waals surface area contributed by atoms with E-state index in [9.17, 15) is 0 Å². The van der Waals surface area contributed by atoms with E-state index in [2.05, 4.69) is 38.1 Å². The molecule has 2 rings (SSSR count). The molecule has 0 fully saturated rings. The smallest absolute Gasteiger partial charge is 0.214 e. The van der Waals surface area contributed by atoms with Crippen molar-refractivity contribution in [1.29, 1.82) is 0 Å². The first-order valence-corrected chi connectivity index (χ1v) is 5.66. The van der Waals surface area contributed by atoms with Crippen molar-refractivity contribution in [3.05, 3.63) is 60.2 Å². The average molecular weight is 256 g/mol. The Morgan fingerprint density at radius 2 is 1.56 bits per heavy atom. The summed E-state index contributed by atoms with van der Waals surface area (Å²) in [5.41, 5.74) is 1.48. The Hall–Kier alpha value is -0.781. The molecule has 0 unspecified atom stereocenters. The van der Waals surface area contributed by atoms with Crippen molar-refractivity contribution >= 4 is 0 Å². The summed E-state index contributed by atoms with van der Waals surface area (Å²) >= 11 is 0. The predicted octanol–water partition coefficient (Wildman–Crippen LogP) is 4.40. The van der Waals surface area contributed by atoms with Crippen LogP contribution in [0.15, 0.2) is 54.6 Å². The topological polar surface area (TPSA) is 0 Å². The van der Waals surface area contributed by atoms with Crippen LogP contribution in [0.2, 0.25) is 0 Å². The molecule has 88 valence electrons. The molecular weight excluding hydrogens is 236 g/mol. The normalized spacial score (nSPS) is 9.19. The van der Waals surface area contributed by atoms with Gasteiger partial charge in [-0.1, -0.05) is 26.7 Å². The van der Waals surface area contributed by atoms with Crippen LogP contribution in [-0.4, -0.2) is 0 Å². The van der Waals surface area contributed by atoms with Gasteiger partial charge >= 0.3 is 17.1 Å². The van der Waals surface area contributed by atoms with Crippen molar-refractivity contribution in [3.8, 4) is 0 Å². The van der Waals surface area contributed by atoms with Crippen LogP contribution in [0.1, 0.15) is 25.8 Å². The maximum absolute atomic E-state index is 2.27. The molecule has 0 saturated carbocycles. The quantitative estimate of drug-likeness (QED) is 0.564. The van der Waals surface area contributed by atoms with Crippen LogP contribution in [0.4, 0.5) is 0 Å². The van der Waals surface area contributed by atoms with E-state index in [4.69, 9.17) is 0 Å².